The summed E-state index contributed by atoms with van der Waals surface area (Å²) in [4.78, 5) is 3.74. The first-order valence-electron chi connectivity index (χ1n) is 7.32. The van der Waals surface area contributed by atoms with E-state index in [2.05, 4.69) is 18.8 Å². The van der Waals surface area contributed by atoms with Gasteiger partial charge in [0.05, 0.1) is 11.8 Å². The summed E-state index contributed by atoms with van der Waals surface area (Å²) in [5.74, 6) is -0.469. The van der Waals surface area contributed by atoms with E-state index >= 15 is 0 Å². The average Bonchev–Trinajstić information content (AvgIpc) is 2.42. The zero-order valence-electron chi connectivity index (χ0n) is 12.5. The molecule has 1 atom stereocenters. The van der Waals surface area contributed by atoms with Crippen LogP contribution in [0.4, 0.5) is 4.39 Å². The molecule has 1 heterocycles. The van der Waals surface area contributed by atoms with Crippen LogP contribution in [-0.4, -0.2) is 22.3 Å². The second kappa shape index (κ2) is 5.78. The van der Waals surface area contributed by atoms with Crippen LogP contribution in [-0.2, 0) is 4.74 Å². The number of hydrogen-bond acceptors (Lipinski definition) is 3. The van der Waals surface area contributed by atoms with Gasteiger partial charge in [0.1, 0.15) is 11.9 Å². The van der Waals surface area contributed by atoms with E-state index < -0.39 is 17.5 Å². The standard InChI is InChI=1S/C16H24FNO2/c1-4-20-16(8-6-15(2,3)7-9-16)14(19)12-5-10-18-11-13(12)17/h5,10-11,14,19H,4,6-9H2,1-3H3. The van der Waals surface area contributed by atoms with Gasteiger partial charge in [-0.15, -0.1) is 0 Å². The minimum atomic E-state index is -0.943. The van der Waals surface area contributed by atoms with Crippen molar-refractivity contribution in [3.63, 3.8) is 0 Å². The summed E-state index contributed by atoms with van der Waals surface area (Å²) < 4.78 is 19.8. The summed E-state index contributed by atoms with van der Waals surface area (Å²) in [6.45, 7) is 6.88. The predicted molar refractivity (Wildman–Crippen MR) is 75.8 cm³/mol. The van der Waals surface area contributed by atoms with Gasteiger partial charge in [0.15, 0.2) is 0 Å². The third kappa shape index (κ3) is 3.01. The van der Waals surface area contributed by atoms with Gasteiger partial charge >= 0.3 is 0 Å². The van der Waals surface area contributed by atoms with E-state index in [9.17, 15) is 9.50 Å². The van der Waals surface area contributed by atoms with Crippen LogP contribution in [0.3, 0.4) is 0 Å². The van der Waals surface area contributed by atoms with Gasteiger partial charge in [-0.1, -0.05) is 13.8 Å². The zero-order chi connectivity index (χ0) is 14.8. The molecule has 1 aliphatic carbocycles. The highest BCUT2D eigenvalue weighted by Gasteiger charge is 2.45. The molecule has 1 N–H and O–H groups in total. The summed E-state index contributed by atoms with van der Waals surface area (Å²) in [6.07, 6.45) is 5.14. The second-order valence-corrected chi connectivity index (χ2v) is 6.46. The summed E-state index contributed by atoms with van der Waals surface area (Å²) in [5.41, 5.74) is -0.128. The quantitative estimate of drug-likeness (QED) is 0.916. The first-order valence-corrected chi connectivity index (χ1v) is 7.32. The van der Waals surface area contributed by atoms with Gasteiger partial charge in [0, 0.05) is 18.4 Å². The van der Waals surface area contributed by atoms with E-state index in [1.807, 2.05) is 6.92 Å². The van der Waals surface area contributed by atoms with E-state index in [0.717, 1.165) is 31.9 Å². The van der Waals surface area contributed by atoms with Crippen LogP contribution in [0.5, 0.6) is 0 Å². The Kier molecular flexibility index (Phi) is 4.45. The molecule has 0 radical (unpaired) electrons. The largest absolute Gasteiger partial charge is 0.385 e. The highest BCUT2D eigenvalue weighted by atomic mass is 19.1. The molecule has 0 saturated heterocycles. The van der Waals surface area contributed by atoms with E-state index in [0.29, 0.717) is 6.61 Å². The Morgan fingerprint density at radius 3 is 2.55 bits per heavy atom. The van der Waals surface area contributed by atoms with Crippen molar-refractivity contribution in [1.29, 1.82) is 0 Å². The molecule has 20 heavy (non-hydrogen) atoms. The molecule has 112 valence electrons. The number of aromatic nitrogens is 1. The molecule has 1 saturated carbocycles. The third-order valence-corrected chi connectivity index (χ3v) is 4.48. The van der Waals surface area contributed by atoms with Crippen LogP contribution in [0.1, 0.15) is 58.1 Å². The van der Waals surface area contributed by atoms with Gasteiger partial charge in [-0.2, -0.15) is 0 Å². The summed E-state index contributed by atoms with van der Waals surface area (Å²) in [6, 6.07) is 1.54. The van der Waals surface area contributed by atoms with Crippen molar-refractivity contribution in [3.05, 3.63) is 29.8 Å². The number of nitrogens with zero attached hydrogens (tertiary/aromatic N) is 1. The van der Waals surface area contributed by atoms with Crippen molar-refractivity contribution >= 4 is 0 Å². The smallest absolute Gasteiger partial charge is 0.147 e. The number of hydrogen-bond donors (Lipinski definition) is 1. The van der Waals surface area contributed by atoms with Gasteiger partial charge in [-0.05, 0) is 44.1 Å². The molecule has 0 aromatic carbocycles. The molecule has 0 spiro atoms. The maximum Gasteiger partial charge on any atom is 0.147 e. The lowest BCUT2D eigenvalue weighted by Gasteiger charge is -2.46. The second-order valence-electron chi connectivity index (χ2n) is 6.46. The van der Waals surface area contributed by atoms with Crippen molar-refractivity contribution in [2.45, 2.75) is 58.2 Å². The maximum atomic E-state index is 13.9. The highest BCUT2D eigenvalue weighted by molar-refractivity contribution is 5.20. The van der Waals surface area contributed by atoms with E-state index in [1.165, 1.54) is 6.20 Å². The van der Waals surface area contributed by atoms with E-state index in [4.69, 9.17) is 4.74 Å². The lowest BCUT2D eigenvalue weighted by atomic mass is 9.68. The maximum absolute atomic E-state index is 13.9. The molecule has 2 rings (SSSR count). The van der Waals surface area contributed by atoms with Gasteiger partial charge in [-0.25, -0.2) is 4.39 Å². The Hall–Kier alpha value is -1.00. The average molecular weight is 281 g/mol. The number of aliphatic hydroxyl groups excluding tert-OH is 1. The highest BCUT2D eigenvalue weighted by Crippen LogP contribution is 2.47. The Morgan fingerprint density at radius 1 is 1.35 bits per heavy atom. The summed E-state index contributed by atoms with van der Waals surface area (Å²) in [7, 11) is 0. The van der Waals surface area contributed by atoms with Crippen LogP contribution in [0.25, 0.3) is 0 Å². The fraction of sp³-hybridized carbons (Fsp3) is 0.688. The van der Waals surface area contributed by atoms with Crippen molar-refractivity contribution in [2.75, 3.05) is 6.61 Å². The molecule has 1 fully saturated rings. The monoisotopic (exact) mass is 281 g/mol. The molecule has 1 aromatic rings. The number of ether oxygens (including phenoxy) is 1. The summed E-state index contributed by atoms with van der Waals surface area (Å²) >= 11 is 0. The number of pyridine rings is 1. The lowest BCUT2D eigenvalue weighted by molar-refractivity contribution is -0.154. The van der Waals surface area contributed by atoms with Crippen LogP contribution >= 0.6 is 0 Å². The Labute approximate surface area is 120 Å². The van der Waals surface area contributed by atoms with E-state index in [-0.39, 0.29) is 11.0 Å². The molecule has 1 unspecified atom stereocenters. The Morgan fingerprint density at radius 2 is 2.00 bits per heavy atom. The summed E-state index contributed by atoms with van der Waals surface area (Å²) in [5, 5.41) is 10.7. The zero-order valence-corrected chi connectivity index (χ0v) is 12.5. The molecule has 0 bridgehead atoms. The SMILES string of the molecule is CCOC1(C(O)c2ccncc2F)CCC(C)(C)CC1. The first-order chi connectivity index (χ1) is 9.40. The van der Waals surface area contributed by atoms with Crippen molar-refractivity contribution in [3.8, 4) is 0 Å². The Balaban J connectivity index is 2.27. The van der Waals surface area contributed by atoms with Crippen molar-refractivity contribution in [1.82, 2.24) is 4.98 Å². The van der Waals surface area contributed by atoms with Gasteiger partial charge in [0.25, 0.3) is 0 Å². The van der Waals surface area contributed by atoms with Gasteiger partial charge in [0.2, 0.25) is 0 Å². The normalized spacial score (nSPS) is 22.4. The predicted octanol–water partition coefficient (Wildman–Crippen LogP) is 3.63. The molecule has 3 nitrogen and oxygen atoms in total. The van der Waals surface area contributed by atoms with Crippen LogP contribution in [0.2, 0.25) is 0 Å². The molecule has 4 heteroatoms. The van der Waals surface area contributed by atoms with Crippen molar-refractivity contribution in [2.24, 2.45) is 5.41 Å². The molecule has 0 amide bonds. The molecule has 1 aromatic heterocycles. The molecular weight excluding hydrogens is 257 g/mol. The van der Waals surface area contributed by atoms with E-state index in [1.54, 1.807) is 6.07 Å². The Bertz CT molecular complexity index is 452. The minimum Gasteiger partial charge on any atom is -0.385 e. The fourth-order valence-corrected chi connectivity index (χ4v) is 3.03. The third-order valence-electron chi connectivity index (χ3n) is 4.48. The minimum absolute atomic E-state index is 0.261. The van der Waals surface area contributed by atoms with Crippen LogP contribution < -0.4 is 0 Å². The van der Waals surface area contributed by atoms with Crippen LogP contribution in [0, 0.1) is 11.2 Å². The number of aliphatic hydroxyl groups is 1. The van der Waals surface area contributed by atoms with Crippen LogP contribution in [0.15, 0.2) is 18.5 Å². The van der Waals surface area contributed by atoms with Gasteiger partial charge in [-0.3, -0.25) is 4.98 Å². The molecular formula is C16H24FNO2. The molecule has 0 aliphatic heterocycles. The lowest BCUT2D eigenvalue weighted by Crippen LogP contribution is -2.45. The number of rotatable bonds is 4. The van der Waals surface area contributed by atoms with Crippen molar-refractivity contribution < 1.29 is 14.2 Å². The fourth-order valence-electron chi connectivity index (χ4n) is 3.03. The van der Waals surface area contributed by atoms with Gasteiger partial charge < -0.3 is 9.84 Å². The molecule has 1 aliphatic rings. The topological polar surface area (TPSA) is 42.4 Å². The first kappa shape index (κ1) is 15.4. The number of halogens is 1.